The standard InChI is InChI=1S/C10H14ClNO3S/c1-3-4-16(14,15)12-9-6-8(11)10(13)5-7(9)2/h5-6,12-13H,3-4H2,1-2H3. The number of aromatic hydroxyl groups is 1. The first kappa shape index (κ1) is 13.1. The van der Waals surface area contributed by atoms with Gasteiger partial charge in [0.05, 0.1) is 16.5 Å². The molecule has 0 aliphatic rings. The van der Waals surface area contributed by atoms with E-state index in [9.17, 15) is 13.5 Å². The molecule has 90 valence electrons. The van der Waals surface area contributed by atoms with E-state index in [1.165, 1.54) is 12.1 Å². The first-order valence-corrected chi connectivity index (χ1v) is 6.88. The number of hydrogen-bond donors (Lipinski definition) is 2. The second kappa shape index (κ2) is 4.93. The van der Waals surface area contributed by atoms with Gasteiger partial charge in [-0.25, -0.2) is 8.42 Å². The lowest BCUT2D eigenvalue weighted by Gasteiger charge is -2.11. The maximum atomic E-state index is 11.5. The summed E-state index contributed by atoms with van der Waals surface area (Å²) in [6, 6.07) is 2.82. The molecule has 0 aromatic heterocycles. The lowest BCUT2D eigenvalue weighted by molar-refractivity contribution is 0.475. The SMILES string of the molecule is CCCS(=O)(=O)Nc1cc(Cl)c(O)cc1C. The number of aryl methyl sites for hydroxylation is 1. The Kier molecular flexibility index (Phi) is 4.04. The molecular formula is C10H14ClNO3S. The number of halogens is 1. The van der Waals surface area contributed by atoms with Gasteiger partial charge in [0.25, 0.3) is 0 Å². The zero-order valence-electron chi connectivity index (χ0n) is 9.12. The highest BCUT2D eigenvalue weighted by Gasteiger charge is 2.12. The van der Waals surface area contributed by atoms with Crippen LogP contribution in [0, 0.1) is 6.92 Å². The van der Waals surface area contributed by atoms with Gasteiger partial charge in [-0.1, -0.05) is 18.5 Å². The van der Waals surface area contributed by atoms with Gasteiger partial charge in [-0.3, -0.25) is 4.72 Å². The van der Waals surface area contributed by atoms with Crippen LogP contribution in [0.5, 0.6) is 5.75 Å². The zero-order valence-corrected chi connectivity index (χ0v) is 10.7. The highest BCUT2D eigenvalue weighted by molar-refractivity contribution is 7.92. The Morgan fingerprint density at radius 1 is 1.44 bits per heavy atom. The Bertz CT molecular complexity index is 485. The van der Waals surface area contributed by atoms with E-state index in [4.69, 9.17) is 11.6 Å². The Hall–Kier alpha value is -0.940. The van der Waals surface area contributed by atoms with Gasteiger partial charge in [0.15, 0.2) is 0 Å². The van der Waals surface area contributed by atoms with Crippen molar-refractivity contribution in [3.63, 3.8) is 0 Å². The Morgan fingerprint density at radius 2 is 2.06 bits per heavy atom. The van der Waals surface area contributed by atoms with E-state index in [2.05, 4.69) is 4.72 Å². The van der Waals surface area contributed by atoms with E-state index < -0.39 is 10.0 Å². The lowest BCUT2D eigenvalue weighted by Crippen LogP contribution is -2.16. The quantitative estimate of drug-likeness (QED) is 0.821. The van der Waals surface area contributed by atoms with Crippen LogP contribution in [-0.4, -0.2) is 19.3 Å². The molecule has 2 N–H and O–H groups in total. The molecule has 1 aromatic rings. The van der Waals surface area contributed by atoms with Crippen molar-refractivity contribution in [2.75, 3.05) is 10.5 Å². The maximum absolute atomic E-state index is 11.5. The highest BCUT2D eigenvalue weighted by atomic mass is 35.5. The first-order chi connectivity index (χ1) is 7.35. The minimum absolute atomic E-state index is 0.0578. The fraction of sp³-hybridized carbons (Fsp3) is 0.400. The van der Waals surface area contributed by atoms with E-state index in [1.807, 2.05) is 0 Å². The second-order valence-corrected chi connectivity index (χ2v) is 5.79. The largest absolute Gasteiger partial charge is 0.506 e. The van der Waals surface area contributed by atoms with Crippen molar-refractivity contribution in [2.24, 2.45) is 0 Å². The average Bonchev–Trinajstić information content (AvgIpc) is 2.13. The average molecular weight is 264 g/mol. The van der Waals surface area contributed by atoms with Crippen LogP contribution in [0.15, 0.2) is 12.1 Å². The first-order valence-electron chi connectivity index (χ1n) is 4.85. The zero-order chi connectivity index (χ0) is 12.3. The maximum Gasteiger partial charge on any atom is 0.232 e. The fourth-order valence-electron chi connectivity index (χ4n) is 1.26. The third-order valence-electron chi connectivity index (χ3n) is 2.03. The summed E-state index contributed by atoms with van der Waals surface area (Å²) in [5, 5.41) is 9.44. The molecule has 1 aromatic carbocycles. The topological polar surface area (TPSA) is 66.4 Å². The van der Waals surface area contributed by atoms with Gasteiger partial charge >= 0.3 is 0 Å². The monoisotopic (exact) mass is 263 g/mol. The summed E-state index contributed by atoms with van der Waals surface area (Å²) in [5.74, 6) is 0.00268. The van der Waals surface area contributed by atoms with E-state index in [1.54, 1.807) is 13.8 Å². The Morgan fingerprint density at radius 3 is 2.62 bits per heavy atom. The van der Waals surface area contributed by atoms with Crippen molar-refractivity contribution in [1.82, 2.24) is 0 Å². The third kappa shape index (κ3) is 3.28. The van der Waals surface area contributed by atoms with E-state index in [-0.39, 0.29) is 16.5 Å². The van der Waals surface area contributed by atoms with Crippen molar-refractivity contribution in [1.29, 1.82) is 0 Å². The predicted octanol–water partition coefficient (Wildman–Crippen LogP) is 2.51. The molecular weight excluding hydrogens is 250 g/mol. The molecule has 0 aliphatic heterocycles. The van der Waals surface area contributed by atoms with Crippen LogP contribution < -0.4 is 4.72 Å². The molecule has 1 rings (SSSR count). The molecule has 4 nitrogen and oxygen atoms in total. The third-order valence-corrected chi connectivity index (χ3v) is 3.81. The molecule has 16 heavy (non-hydrogen) atoms. The molecule has 0 radical (unpaired) electrons. The van der Waals surface area contributed by atoms with Crippen LogP contribution in [0.25, 0.3) is 0 Å². The Balaban J connectivity index is 3.03. The van der Waals surface area contributed by atoms with Gasteiger partial charge in [0, 0.05) is 0 Å². The molecule has 0 aliphatic carbocycles. The Labute approximate surface area is 100 Å². The van der Waals surface area contributed by atoms with Crippen molar-refractivity contribution in [2.45, 2.75) is 20.3 Å². The molecule has 0 saturated heterocycles. The molecule has 0 unspecified atom stereocenters. The molecule has 0 atom stereocenters. The number of hydrogen-bond acceptors (Lipinski definition) is 3. The molecule has 0 spiro atoms. The van der Waals surface area contributed by atoms with Crippen molar-refractivity contribution < 1.29 is 13.5 Å². The summed E-state index contributed by atoms with van der Waals surface area (Å²) in [6.45, 7) is 3.48. The summed E-state index contributed by atoms with van der Waals surface area (Å²) in [5.41, 5.74) is 1.03. The molecule has 0 bridgehead atoms. The van der Waals surface area contributed by atoms with Crippen LogP contribution >= 0.6 is 11.6 Å². The fourth-order valence-corrected chi connectivity index (χ4v) is 2.62. The summed E-state index contributed by atoms with van der Waals surface area (Å²) in [4.78, 5) is 0. The number of phenolic OH excluding ortho intramolecular Hbond substituents is 1. The molecule has 0 heterocycles. The molecule has 0 amide bonds. The number of anilines is 1. The van der Waals surface area contributed by atoms with Gasteiger partial charge in [0.1, 0.15) is 5.75 Å². The van der Waals surface area contributed by atoms with E-state index in [0.717, 1.165) is 0 Å². The molecule has 6 heteroatoms. The van der Waals surface area contributed by atoms with Gasteiger partial charge in [-0.05, 0) is 31.0 Å². The van der Waals surface area contributed by atoms with Crippen molar-refractivity contribution in [3.05, 3.63) is 22.7 Å². The molecule has 0 saturated carbocycles. The van der Waals surface area contributed by atoms with Crippen LogP contribution in [0.3, 0.4) is 0 Å². The van der Waals surface area contributed by atoms with Crippen LogP contribution in [0.4, 0.5) is 5.69 Å². The second-order valence-electron chi connectivity index (χ2n) is 3.54. The van der Waals surface area contributed by atoms with Gasteiger partial charge in [-0.2, -0.15) is 0 Å². The minimum Gasteiger partial charge on any atom is -0.506 e. The van der Waals surface area contributed by atoms with Crippen LogP contribution in [-0.2, 0) is 10.0 Å². The minimum atomic E-state index is -3.33. The lowest BCUT2D eigenvalue weighted by atomic mass is 10.2. The van der Waals surface area contributed by atoms with Crippen molar-refractivity contribution >= 4 is 27.3 Å². The summed E-state index contributed by atoms with van der Waals surface area (Å²) >= 11 is 5.71. The number of nitrogens with one attached hydrogen (secondary N) is 1. The summed E-state index contributed by atoms with van der Waals surface area (Å²) in [6.07, 6.45) is 0.542. The van der Waals surface area contributed by atoms with Gasteiger partial charge in [-0.15, -0.1) is 0 Å². The number of benzene rings is 1. The van der Waals surface area contributed by atoms with Crippen LogP contribution in [0.2, 0.25) is 5.02 Å². The van der Waals surface area contributed by atoms with Gasteiger partial charge in [0.2, 0.25) is 10.0 Å². The number of rotatable bonds is 4. The number of phenols is 1. The summed E-state index contributed by atoms with van der Waals surface area (Å²) < 4.78 is 25.5. The van der Waals surface area contributed by atoms with Crippen LogP contribution in [0.1, 0.15) is 18.9 Å². The van der Waals surface area contributed by atoms with E-state index in [0.29, 0.717) is 17.7 Å². The van der Waals surface area contributed by atoms with E-state index >= 15 is 0 Å². The molecule has 0 fully saturated rings. The predicted molar refractivity (Wildman–Crippen MR) is 65.6 cm³/mol. The van der Waals surface area contributed by atoms with Gasteiger partial charge < -0.3 is 5.11 Å². The van der Waals surface area contributed by atoms with Crippen molar-refractivity contribution in [3.8, 4) is 5.75 Å². The smallest absolute Gasteiger partial charge is 0.232 e. The number of sulfonamides is 1. The summed E-state index contributed by atoms with van der Waals surface area (Å²) in [7, 11) is -3.33. The highest BCUT2D eigenvalue weighted by Crippen LogP contribution is 2.30. The normalized spacial score (nSPS) is 11.4.